The molecule has 0 bridgehead atoms. The van der Waals surface area contributed by atoms with Crippen LogP contribution in [-0.2, 0) is 0 Å². The Balaban J connectivity index is 1.93. The first-order chi connectivity index (χ1) is 13.7. The van der Waals surface area contributed by atoms with E-state index in [1.165, 1.54) is 30.3 Å². The third-order valence-electron chi connectivity index (χ3n) is 3.83. The summed E-state index contributed by atoms with van der Waals surface area (Å²) in [4.78, 5) is 36.7. The summed E-state index contributed by atoms with van der Waals surface area (Å²) in [6.45, 7) is 3.55. The van der Waals surface area contributed by atoms with Gasteiger partial charge in [-0.2, -0.15) is 0 Å². The summed E-state index contributed by atoms with van der Waals surface area (Å²) in [7, 11) is 0. The molecule has 0 saturated carbocycles. The van der Waals surface area contributed by atoms with Gasteiger partial charge in [-0.1, -0.05) is 34.8 Å². The van der Waals surface area contributed by atoms with E-state index in [0.29, 0.717) is 5.39 Å². The molecule has 29 heavy (non-hydrogen) atoms. The van der Waals surface area contributed by atoms with Crippen molar-refractivity contribution >= 4 is 57.6 Å². The second-order valence-electron chi connectivity index (χ2n) is 6.38. The molecule has 1 N–H and O–H groups in total. The van der Waals surface area contributed by atoms with Gasteiger partial charge in [0.1, 0.15) is 16.9 Å². The number of carbonyl (C=O) groups is 2. The number of halogens is 3. The number of fused-ring (bicyclic) bond motifs is 1. The van der Waals surface area contributed by atoms with Gasteiger partial charge in [0.2, 0.25) is 0 Å². The largest absolute Gasteiger partial charge is 0.423 e. The molecule has 0 atom stereocenters. The van der Waals surface area contributed by atoms with Gasteiger partial charge < -0.3 is 14.5 Å². The molecule has 2 aromatic carbocycles. The molecule has 6 nitrogen and oxygen atoms in total. The molecule has 0 spiro atoms. The highest BCUT2D eigenvalue weighted by atomic mass is 35.5. The van der Waals surface area contributed by atoms with Crippen molar-refractivity contribution in [3.05, 3.63) is 73.0 Å². The van der Waals surface area contributed by atoms with Gasteiger partial charge in [0.25, 0.3) is 5.91 Å². The Bertz CT molecular complexity index is 1190. The smallest absolute Gasteiger partial charge is 0.349 e. The van der Waals surface area contributed by atoms with Gasteiger partial charge in [0.15, 0.2) is 0 Å². The fourth-order valence-electron chi connectivity index (χ4n) is 2.53. The van der Waals surface area contributed by atoms with Crippen LogP contribution in [-0.4, -0.2) is 17.9 Å². The monoisotopic (exact) mass is 453 g/mol. The molecule has 0 aliphatic rings. The number of esters is 1. The minimum atomic E-state index is -0.822. The van der Waals surface area contributed by atoms with Crippen LogP contribution < -0.4 is 15.7 Å². The summed E-state index contributed by atoms with van der Waals surface area (Å²) in [5.41, 5.74) is -0.860. The molecule has 0 aliphatic heterocycles. The van der Waals surface area contributed by atoms with Crippen LogP contribution in [0.3, 0.4) is 0 Å². The van der Waals surface area contributed by atoms with Crippen molar-refractivity contribution in [3.8, 4) is 5.75 Å². The first kappa shape index (κ1) is 21.2. The molecule has 150 valence electrons. The lowest BCUT2D eigenvalue weighted by atomic mass is 10.1. The molecule has 0 aliphatic carbocycles. The zero-order valence-electron chi connectivity index (χ0n) is 15.2. The number of carbonyl (C=O) groups excluding carboxylic acids is 2. The van der Waals surface area contributed by atoms with Crippen LogP contribution in [0.25, 0.3) is 11.0 Å². The van der Waals surface area contributed by atoms with Gasteiger partial charge in [-0.25, -0.2) is 9.59 Å². The lowest BCUT2D eigenvalue weighted by Gasteiger charge is -2.10. The maximum atomic E-state index is 12.5. The van der Waals surface area contributed by atoms with E-state index in [9.17, 15) is 14.4 Å². The normalized spacial score (nSPS) is 11.0. The van der Waals surface area contributed by atoms with E-state index < -0.39 is 17.5 Å². The Morgan fingerprint density at radius 2 is 1.72 bits per heavy atom. The summed E-state index contributed by atoms with van der Waals surface area (Å²) in [6, 6.07) is 8.55. The number of ether oxygens (including phenoxy) is 1. The SMILES string of the molecule is CC(C)NC(=O)c1cc2ccc(OC(=O)c3c(Cl)ccc(Cl)c3Cl)cc2oc1=O. The number of benzene rings is 2. The molecule has 9 heteroatoms. The zero-order chi connectivity index (χ0) is 21.3. The predicted molar refractivity (Wildman–Crippen MR) is 112 cm³/mol. The molecule has 0 unspecified atom stereocenters. The third-order valence-corrected chi connectivity index (χ3v) is 4.95. The number of hydrogen-bond donors (Lipinski definition) is 1. The van der Waals surface area contributed by atoms with Crippen molar-refractivity contribution in [1.82, 2.24) is 5.32 Å². The molecule has 1 amide bonds. The third kappa shape index (κ3) is 4.56. The van der Waals surface area contributed by atoms with Crippen molar-refractivity contribution in [2.75, 3.05) is 0 Å². The van der Waals surface area contributed by atoms with Gasteiger partial charge in [-0.3, -0.25) is 4.79 Å². The van der Waals surface area contributed by atoms with Crippen molar-refractivity contribution in [3.63, 3.8) is 0 Å². The van der Waals surface area contributed by atoms with Crippen LogP contribution in [0.5, 0.6) is 5.75 Å². The van der Waals surface area contributed by atoms with E-state index in [1.807, 2.05) is 0 Å². The number of nitrogens with one attached hydrogen (secondary N) is 1. The Morgan fingerprint density at radius 3 is 2.41 bits per heavy atom. The van der Waals surface area contributed by atoms with Gasteiger partial charge in [-0.05, 0) is 44.2 Å². The van der Waals surface area contributed by atoms with E-state index in [0.717, 1.165) is 0 Å². The fourth-order valence-corrected chi connectivity index (χ4v) is 3.21. The van der Waals surface area contributed by atoms with E-state index in [1.54, 1.807) is 19.9 Å². The first-order valence-corrected chi connectivity index (χ1v) is 9.55. The molecule has 1 aromatic heterocycles. The van der Waals surface area contributed by atoms with Crippen LogP contribution in [0.1, 0.15) is 34.6 Å². The Kier molecular flexibility index (Phi) is 6.17. The van der Waals surface area contributed by atoms with Crippen LogP contribution in [0.15, 0.2) is 45.6 Å². The minimum Gasteiger partial charge on any atom is -0.423 e. The quantitative estimate of drug-likeness (QED) is 0.256. The molecule has 0 fully saturated rings. The molecular formula is C20H14Cl3NO5. The van der Waals surface area contributed by atoms with Crippen LogP contribution in [0, 0.1) is 0 Å². The lowest BCUT2D eigenvalue weighted by Crippen LogP contribution is -2.33. The zero-order valence-corrected chi connectivity index (χ0v) is 17.5. The average Bonchev–Trinajstić information content (AvgIpc) is 2.63. The van der Waals surface area contributed by atoms with E-state index in [4.69, 9.17) is 44.0 Å². The molecule has 3 aromatic rings. The topological polar surface area (TPSA) is 85.6 Å². The number of amides is 1. The lowest BCUT2D eigenvalue weighted by molar-refractivity contribution is 0.0735. The number of rotatable bonds is 4. The summed E-state index contributed by atoms with van der Waals surface area (Å²) in [6.07, 6.45) is 0. The highest BCUT2D eigenvalue weighted by molar-refractivity contribution is 6.46. The van der Waals surface area contributed by atoms with Crippen molar-refractivity contribution in [2.24, 2.45) is 0 Å². The van der Waals surface area contributed by atoms with Gasteiger partial charge >= 0.3 is 11.6 Å². The molecule has 0 radical (unpaired) electrons. The molecule has 1 heterocycles. The van der Waals surface area contributed by atoms with Crippen molar-refractivity contribution in [2.45, 2.75) is 19.9 Å². The summed E-state index contributed by atoms with van der Waals surface area (Å²) in [5, 5.41) is 3.32. The molecule has 0 saturated heterocycles. The predicted octanol–water partition coefficient (Wildman–Crippen LogP) is 5.11. The van der Waals surface area contributed by atoms with E-state index >= 15 is 0 Å². The second-order valence-corrected chi connectivity index (χ2v) is 7.58. The standard InChI is InChI=1S/C20H14Cl3NO5/c1-9(2)24-18(25)12-7-10-3-4-11(8-15(10)29-19(12)26)28-20(27)16-13(21)5-6-14(22)17(16)23/h3-9H,1-2H3,(H,24,25). The second kappa shape index (κ2) is 8.45. The van der Waals surface area contributed by atoms with Crippen LogP contribution in [0.4, 0.5) is 0 Å². The fraction of sp³-hybridized carbons (Fsp3) is 0.150. The highest BCUT2D eigenvalue weighted by Crippen LogP contribution is 2.32. The molecular weight excluding hydrogens is 441 g/mol. The summed E-state index contributed by atoms with van der Waals surface area (Å²) >= 11 is 18.0. The Morgan fingerprint density at radius 1 is 1.03 bits per heavy atom. The minimum absolute atomic E-state index is 0.0303. The van der Waals surface area contributed by atoms with E-state index in [2.05, 4.69) is 5.32 Å². The molecule has 3 rings (SSSR count). The first-order valence-electron chi connectivity index (χ1n) is 8.42. The van der Waals surface area contributed by atoms with Crippen LogP contribution in [0.2, 0.25) is 15.1 Å². The van der Waals surface area contributed by atoms with Crippen LogP contribution >= 0.6 is 34.8 Å². The van der Waals surface area contributed by atoms with Crippen molar-refractivity contribution < 1.29 is 18.7 Å². The maximum Gasteiger partial charge on any atom is 0.349 e. The van der Waals surface area contributed by atoms with E-state index in [-0.39, 0.29) is 43.6 Å². The van der Waals surface area contributed by atoms with Crippen molar-refractivity contribution in [1.29, 1.82) is 0 Å². The highest BCUT2D eigenvalue weighted by Gasteiger charge is 2.20. The summed E-state index contributed by atoms with van der Waals surface area (Å²) in [5.74, 6) is -1.26. The maximum absolute atomic E-state index is 12.5. The average molecular weight is 455 g/mol. The Hall–Kier alpha value is -2.54. The van der Waals surface area contributed by atoms with Gasteiger partial charge in [0.05, 0.1) is 20.6 Å². The van der Waals surface area contributed by atoms with Gasteiger partial charge in [0, 0.05) is 17.5 Å². The summed E-state index contributed by atoms with van der Waals surface area (Å²) < 4.78 is 10.5. The number of hydrogen-bond acceptors (Lipinski definition) is 5. The van der Waals surface area contributed by atoms with Gasteiger partial charge in [-0.15, -0.1) is 0 Å². The Labute approximate surface area is 180 Å².